The monoisotopic (exact) mass is 277 g/mol. The normalized spacial score (nSPS) is 18.4. The van der Waals surface area contributed by atoms with Gasteiger partial charge in [-0.05, 0) is 31.0 Å². The number of nitrogens with one attached hydrogen (secondary N) is 1. The van der Waals surface area contributed by atoms with Gasteiger partial charge in [0.1, 0.15) is 5.54 Å². The zero-order valence-electron chi connectivity index (χ0n) is 10.4. The molecule has 1 saturated heterocycles. The summed E-state index contributed by atoms with van der Waals surface area (Å²) >= 11 is 1.55. The number of rotatable bonds is 2. The highest BCUT2D eigenvalue weighted by Crippen LogP contribution is 2.24. The first-order valence-corrected chi connectivity index (χ1v) is 7.07. The minimum Gasteiger partial charge on any atom is -0.381 e. The third-order valence-corrected chi connectivity index (χ3v) is 4.22. The predicted octanol–water partition coefficient (Wildman–Crippen LogP) is 1.74. The molecular formula is C13H15N3O2S. The molecule has 2 heterocycles. The summed E-state index contributed by atoms with van der Waals surface area (Å²) in [4.78, 5) is 16.5. The van der Waals surface area contributed by atoms with Crippen LogP contribution in [0.3, 0.4) is 0 Å². The van der Waals surface area contributed by atoms with Crippen molar-refractivity contribution in [2.45, 2.75) is 18.4 Å². The van der Waals surface area contributed by atoms with Crippen LogP contribution in [0.1, 0.15) is 12.8 Å². The number of nitrogens with zero attached hydrogens (tertiary/aromatic N) is 1. The van der Waals surface area contributed by atoms with E-state index in [4.69, 9.17) is 10.5 Å². The molecule has 1 aromatic heterocycles. The second-order valence-electron chi connectivity index (χ2n) is 4.76. The SMILES string of the molecule is NC1(C(=O)Nc2ccc3ncsc3c2)CCOCC1. The van der Waals surface area contributed by atoms with Crippen LogP contribution in [0.4, 0.5) is 5.69 Å². The first-order chi connectivity index (χ1) is 9.17. The van der Waals surface area contributed by atoms with Crippen LogP contribution in [0, 0.1) is 0 Å². The average molecular weight is 277 g/mol. The Bertz CT molecular complexity index is 605. The summed E-state index contributed by atoms with van der Waals surface area (Å²) in [5, 5.41) is 2.89. The van der Waals surface area contributed by atoms with Gasteiger partial charge >= 0.3 is 0 Å². The van der Waals surface area contributed by atoms with Crippen molar-refractivity contribution in [1.29, 1.82) is 0 Å². The van der Waals surface area contributed by atoms with Crippen molar-refractivity contribution in [3.8, 4) is 0 Å². The number of hydrogen-bond donors (Lipinski definition) is 2. The molecule has 0 bridgehead atoms. The lowest BCUT2D eigenvalue weighted by atomic mass is 9.90. The van der Waals surface area contributed by atoms with Crippen LogP contribution in [-0.2, 0) is 9.53 Å². The Kier molecular flexibility index (Phi) is 3.22. The Labute approximate surface area is 114 Å². The second-order valence-corrected chi connectivity index (χ2v) is 5.64. The van der Waals surface area contributed by atoms with E-state index in [0.717, 1.165) is 15.9 Å². The van der Waals surface area contributed by atoms with Gasteiger partial charge in [0.2, 0.25) is 5.91 Å². The maximum atomic E-state index is 12.3. The van der Waals surface area contributed by atoms with Crippen LogP contribution in [-0.4, -0.2) is 29.6 Å². The Morgan fingerprint density at radius 2 is 2.21 bits per heavy atom. The van der Waals surface area contributed by atoms with Gasteiger partial charge in [-0.15, -0.1) is 11.3 Å². The van der Waals surface area contributed by atoms with Crippen LogP contribution in [0.25, 0.3) is 10.2 Å². The molecule has 1 aromatic carbocycles. The molecule has 0 atom stereocenters. The molecule has 6 heteroatoms. The Morgan fingerprint density at radius 3 is 3.00 bits per heavy atom. The fourth-order valence-electron chi connectivity index (χ4n) is 2.15. The fraction of sp³-hybridized carbons (Fsp3) is 0.385. The van der Waals surface area contributed by atoms with Crippen molar-refractivity contribution in [2.24, 2.45) is 5.73 Å². The van der Waals surface area contributed by atoms with E-state index in [-0.39, 0.29) is 5.91 Å². The molecule has 100 valence electrons. The summed E-state index contributed by atoms with van der Waals surface area (Å²) in [5.41, 5.74) is 8.82. The van der Waals surface area contributed by atoms with Gasteiger partial charge < -0.3 is 15.8 Å². The van der Waals surface area contributed by atoms with Gasteiger partial charge in [0, 0.05) is 18.9 Å². The predicted molar refractivity (Wildman–Crippen MR) is 75.2 cm³/mol. The van der Waals surface area contributed by atoms with Crippen LogP contribution in [0.2, 0.25) is 0 Å². The highest BCUT2D eigenvalue weighted by molar-refractivity contribution is 7.16. The van der Waals surface area contributed by atoms with E-state index < -0.39 is 5.54 Å². The molecule has 0 spiro atoms. The second kappa shape index (κ2) is 4.88. The van der Waals surface area contributed by atoms with Gasteiger partial charge in [0.25, 0.3) is 0 Å². The lowest BCUT2D eigenvalue weighted by molar-refractivity contribution is -0.124. The lowest BCUT2D eigenvalue weighted by Crippen LogP contribution is -2.54. The van der Waals surface area contributed by atoms with E-state index in [1.807, 2.05) is 18.2 Å². The number of anilines is 1. The van der Waals surface area contributed by atoms with Crippen molar-refractivity contribution >= 4 is 33.1 Å². The maximum Gasteiger partial charge on any atom is 0.244 e. The molecule has 0 unspecified atom stereocenters. The molecule has 1 aliphatic heterocycles. The van der Waals surface area contributed by atoms with E-state index in [1.165, 1.54) is 0 Å². The number of hydrogen-bond acceptors (Lipinski definition) is 5. The Hall–Kier alpha value is -1.50. The third kappa shape index (κ3) is 2.47. The van der Waals surface area contributed by atoms with Crippen molar-refractivity contribution in [3.63, 3.8) is 0 Å². The minimum absolute atomic E-state index is 0.139. The van der Waals surface area contributed by atoms with Crippen LogP contribution >= 0.6 is 11.3 Å². The van der Waals surface area contributed by atoms with Gasteiger partial charge in [0.05, 0.1) is 15.7 Å². The summed E-state index contributed by atoms with van der Waals surface area (Å²) in [6.07, 6.45) is 1.11. The summed E-state index contributed by atoms with van der Waals surface area (Å²) in [7, 11) is 0. The molecule has 3 rings (SSSR count). The highest BCUT2D eigenvalue weighted by atomic mass is 32.1. The van der Waals surface area contributed by atoms with Crippen LogP contribution in [0.5, 0.6) is 0 Å². The van der Waals surface area contributed by atoms with Crippen LogP contribution < -0.4 is 11.1 Å². The number of nitrogens with two attached hydrogens (primary N) is 1. The van der Waals surface area contributed by atoms with Crippen molar-refractivity contribution in [2.75, 3.05) is 18.5 Å². The van der Waals surface area contributed by atoms with Crippen molar-refractivity contribution < 1.29 is 9.53 Å². The molecule has 0 aliphatic carbocycles. The van der Waals surface area contributed by atoms with E-state index in [2.05, 4.69) is 10.3 Å². The molecule has 1 fully saturated rings. The number of amides is 1. The van der Waals surface area contributed by atoms with E-state index in [9.17, 15) is 4.79 Å². The fourth-order valence-corrected chi connectivity index (χ4v) is 2.87. The number of thiazole rings is 1. The zero-order chi connectivity index (χ0) is 13.3. The largest absolute Gasteiger partial charge is 0.381 e. The Balaban J connectivity index is 1.78. The number of fused-ring (bicyclic) bond motifs is 1. The smallest absolute Gasteiger partial charge is 0.244 e. The summed E-state index contributed by atoms with van der Waals surface area (Å²) in [6.45, 7) is 1.08. The van der Waals surface area contributed by atoms with Gasteiger partial charge in [-0.3, -0.25) is 4.79 Å². The molecule has 0 saturated carbocycles. The van der Waals surface area contributed by atoms with Crippen LogP contribution in [0.15, 0.2) is 23.7 Å². The van der Waals surface area contributed by atoms with E-state index in [1.54, 1.807) is 16.8 Å². The highest BCUT2D eigenvalue weighted by Gasteiger charge is 2.35. The van der Waals surface area contributed by atoms with E-state index >= 15 is 0 Å². The maximum absolute atomic E-state index is 12.3. The number of carbonyl (C=O) groups is 1. The van der Waals surface area contributed by atoms with Gasteiger partial charge in [-0.1, -0.05) is 0 Å². The first-order valence-electron chi connectivity index (χ1n) is 6.19. The van der Waals surface area contributed by atoms with E-state index in [0.29, 0.717) is 26.1 Å². The summed E-state index contributed by atoms with van der Waals surface area (Å²) in [6, 6.07) is 5.67. The molecule has 0 radical (unpaired) electrons. The lowest BCUT2D eigenvalue weighted by Gasteiger charge is -2.31. The minimum atomic E-state index is -0.819. The topological polar surface area (TPSA) is 77.2 Å². The molecule has 2 aromatic rings. The molecule has 5 nitrogen and oxygen atoms in total. The standard InChI is InChI=1S/C13H15N3O2S/c14-13(3-5-18-6-4-13)12(17)16-9-1-2-10-11(7-9)19-8-15-10/h1-2,7-8H,3-6,14H2,(H,16,17). The number of aromatic nitrogens is 1. The molecule has 19 heavy (non-hydrogen) atoms. The number of benzene rings is 1. The van der Waals surface area contributed by atoms with Crippen molar-refractivity contribution in [1.82, 2.24) is 4.98 Å². The van der Waals surface area contributed by atoms with Gasteiger partial charge in [-0.25, -0.2) is 4.98 Å². The number of carbonyl (C=O) groups excluding carboxylic acids is 1. The van der Waals surface area contributed by atoms with Gasteiger partial charge in [0.15, 0.2) is 0 Å². The first kappa shape index (κ1) is 12.5. The molecular weight excluding hydrogens is 262 g/mol. The number of ether oxygens (including phenoxy) is 1. The average Bonchev–Trinajstić information content (AvgIpc) is 2.87. The summed E-state index contributed by atoms with van der Waals surface area (Å²) < 4.78 is 6.30. The third-order valence-electron chi connectivity index (χ3n) is 3.43. The van der Waals surface area contributed by atoms with Gasteiger partial charge in [-0.2, -0.15) is 0 Å². The molecule has 1 aliphatic rings. The summed E-state index contributed by atoms with van der Waals surface area (Å²) in [5.74, 6) is -0.139. The Morgan fingerprint density at radius 1 is 1.42 bits per heavy atom. The molecule has 1 amide bonds. The zero-order valence-corrected chi connectivity index (χ0v) is 11.2. The van der Waals surface area contributed by atoms with Crippen molar-refractivity contribution in [3.05, 3.63) is 23.7 Å². The molecule has 3 N–H and O–H groups in total. The quantitative estimate of drug-likeness (QED) is 0.876.